The third-order valence-corrected chi connectivity index (χ3v) is 3.62. The van der Waals surface area contributed by atoms with Gasteiger partial charge in [0.1, 0.15) is 0 Å². The van der Waals surface area contributed by atoms with Crippen LogP contribution in [0.2, 0.25) is 0 Å². The second kappa shape index (κ2) is 8.02. The lowest BCUT2D eigenvalue weighted by Crippen LogP contribution is -2.47. The summed E-state index contributed by atoms with van der Waals surface area (Å²) in [6.45, 7) is 8.97. The van der Waals surface area contributed by atoms with Gasteiger partial charge in [0.25, 0.3) is 5.24 Å². The summed E-state index contributed by atoms with van der Waals surface area (Å²) < 4.78 is 5.69. The molecule has 4 nitrogen and oxygen atoms in total. The van der Waals surface area contributed by atoms with Crippen LogP contribution in [-0.2, 0) is 4.74 Å². The number of rotatable bonds is 6. The number of ether oxygens (including phenoxy) is 1. The van der Waals surface area contributed by atoms with Gasteiger partial charge in [0.05, 0.1) is 12.7 Å². The Morgan fingerprint density at radius 2 is 2.28 bits per heavy atom. The van der Waals surface area contributed by atoms with Gasteiger partial charge in [0.2, 0.25) is 0 Å². The zero-order valence-electron chi connectivity index (χ0n) is 11.8. The predicted octanol–water partition coefficient (Wildman–Crippen LogP) is 2.11. The highest BCUT2D eigenvalue weighted by molar-refractivity contribution is 7.96. The fourth-order valence-corrected chi connectivity index (χ4v) is 2.28. The van der Waals surface area contributed by atoms with Gasteiger partial charge in [0, 0.05) is 26.7 Å². The fourth-order valence-electron chi connectivity index (χ4n) is 2.20. The summed E-state index contributed by atoms with van der Waals surface area (Å²) in [7, 11) is 1.76. The third-order valence-electron chi connectivity index (χ3n) is 3.28. The minimum absolute atomic E-state index is 0.124. The molecule has 1 rings (SSSR count). The molecule has 0 bridgehead atoms. The lowest BCUT2D eigenvalue weighted by molar-refractivity contribution is -0.0359. The number of carbonyl (C=O) groups is 1. The Hall–Kier alpha value is -0.260. The van der Waals surface area contributed by atoms with Gasteiger partial charge >= 0.3 is 0 Å². The van der Waals surface area contributed by atoms with Crippen molar-refractivity contribution in [2.45, 2.75) is 32.8 Å². The molecule has 1 atom stereocenters. The van der Waals surface area contributed by atoms with Crippen LogP contribution in [0.4, 0.5) is 4.79 Å². The first kappa shape index (κ1) is 15.8. The topological polar surface area (TPSA) is 32.8 Å². The molecule has 0 saturated carbocycles. The fraction of sp³-hybridized carbons (Fsp3) is 0.923. The number of thiol groups is 1. The summed E-state index contributed by atoms with van der Waals surface area (Å²) >= 11 is 3.81. The number of morpholine rings is 1. The highest BCUT2D eigenvalue weighted by Gasteiger charge is 2.22. The largest absolute Gasteiger partial charge is 0.374 e. The minimum Gasteiger partial charge on any atom is -0.374 e. The Labute approximate surface area is 116 Å². The second-order valence-electron chi connectivity index (χ2n) is 5.49. The van der Waals surface area contributed by atoms with Crippen LogP contribution in [0.5, 0.6) is 0 Å². The smallest absolute Gasteiger partial charge is 0.278 e. The van der Waals surface area contributed by atoms with E-state index in [1.807, 2.05) is 0 Å². The van der Waals surface area contributed by atoms with Crippen molar-refractivity contribution in [1.29, 1.82) is 0 Å². The quantitative estimate of drug-likeness (QED) is 0.753. The van der Waals surface area contributed by atoms with Gasteiger partial charge in [-0.2, -0.15) is 0 Å². The first-order chi connectivity index (χ1) is 8.49. The number of likely N-dealkylation sites (N-methyl/N-ethyl adjacent to an activating group) is 1. The van der Waals surface area contributed by atoms with Crippen LogP contribution in [0.1, 0.15) is 26.7 Å². The maximum Gasteiger partial charge on any atom is 0.278 e. The van der Waals surface area contributed by atoms with E-state index in [4.69, 9.17) is 4.74 Å². The lowest BCUT2D eigenvalue weighted by atomic mass is 10.1. The molecule has 106 valence electrons. The van der Waals surface area contributed by atoms with Crippen molar-refractivity contribution >= 4 is 17.9 Å². The van der Waals surface area contributed by atoms with Gasteiger partial charge in [-0.1, -0.05) is 26.5 Å². The van der Waals surface area contributed by atoms with E-state index >= 15 is 0 Å². The molecular weight excluding hydrogens is 248 g/mol. The lowest BCUT2D eigenvalue weighted by Gasteiger charge is -2.34. The number of hydrogen-bond donors (Lipinski definition) is 1. The molecule has 1 fully saturated rings. The number of nitrogens with zero attached hydrogens (tertiary/aromatic N) is 2. The molecule has 5 heteroatoms. The molecule has 0 aliphatic carbocycles. The zero-order valence-corrected chi connectivity index (χ0v) is 12.7. The molecule has 1 aliphatic heterocycles. The molecule has 0 radical (unpaired) electrons. The average molecular weight is 274 g/mol. The van der Waals surface area contributed by atoms with E-state index in [0.29, 0.717) is 6.54 Å². The van der Waals surface area contributed by atoms with Crippen LogP contribution in [0.25, 0.3) is 0 Å². The van der Waals surface area contributed by atoms with Crippen molar-refractivity contribution in [2.24, 2.45) is 5.92 Å². The van der Waals surface area contributed by atoms with E-state index in [2.05, 4.69) is 31.4 Å². The maximum atomic E-state index is 11.1. The summed E-state index contributed by atoms with van der Waals surface area (Å²) in [4.78, 5) is 15.1. The van der Waals surface area contributed by atoms with E-state index in [-0.39, 0.29) is 11.3 Å². The zero-order chi connectivity index (χ0) is 13.5. The van der Waals surface area contributed by atoms with Gasteiger partial charge in [0.15, 0.2) is 0 Å². The molecule has 0 aromatic carbocycles. The molecule has 0 N–H and O–H groups in total. The summed E-state index contributed by atoms with van der Waals surface area (Å²) in [6, 6.07) is 0. The molecule has 1 heterocycles. The van der Waals surface area contributed by atoms with Crippen molar-refractivity contribution in [3.63, 3.8) is 0 Å². The van der Waals surface area contributed by atoms with Crippen LogP contribution >= 0.6 is 12.6 Å². The molecule has 1 amide bonds. The van der Waals surface area contributed by atoms with Crippen molar-refractivity contribution in [3.05, 3.63) is 0 Å². The van der Waals surface area contributed by atoms with E-state index in [1.54, 1.807) is 11.9 Å². The van der Waals surface area contributed by atoms with Gasteiger partial charge in [-0.05, 0) is 25.3 Å². The SMILES string of the molecule is CC(C)CCCN1CCO[C@H](CN(C)C(=O)S)C1. The van der Waals surface area contributed by atoms with Gasteiger partial charge in [-0.25, -0.2) is 0 Å². The van der Waals surface area contributed by atoms with Gasteiger partial charge < -0.3 is 9.64 Å². The Morgan fingerprint density at radius 3 is 2.89 bits per heavy atom. The Bertz CT molecular complexity index is 261. The molecule has 0 spiro atoms. The molecule has 1 saturated heterocycles. The minimum atomic E-state index is -0.199. The van der Waals surface area contributed by atoms with Crippen LogP contribution in [-0.4, -0.2) is 61.0 Å². The maximum absolute atomic E-state index is 11.1. The molecule has 0 aromatic heterocycles. The Balaban J connectivity index is 2.25. The normalized spacial score (nSPS) is 21.3. The molecule has 0 unspecified atom stereocenters. The second-order valence-corrected chi connectivity index (χ2v) is 5.88. The van der Waals surface area contributed by atoms with Crippen LogP contribution in [0.3, 0.4) is 0 Å². The molecule has 18 heavy (non-hydrogen) atoms. The van der Waals surface area contributed by atoms with E-state index in [9.17, 15) is 4.79 Å². The van der Waals surface area contributed by atoms with Crippen LogP contribution < -0.4 is 0 Å². The van der Waals surface area contributed by atoms with Crippen molar-refractivity contribution in [3.8, 4) is 0 Å². The van der Waals surface area contributed by atoms with E-state index < -0.39 is 0 Å². The number of hydrogen-bond acceptors (Lipinski definition) is 3. The molecule has 1 aliphatic rings. The summed E-state index contributed by atoms with van der Waals surface area (Å²) in [5.74, 6) is 0.773. The third kappa shape index (κ3) is 6.07. The summed E-state index contributed by atoms with van der Waals surface area (Å²) in [5, 5.41) is -0.199. The number of amides is 1. The molecular formula is C13H26N2O2S. The van der Waals surface area contributed by atoms with Crippen molar-refractivity contribution in [2.75, 3.05) is 39.8 Å². The average Bonchev–Trinajstić information content (AvgIpc) is 2.28. The van der Waals surface area contributed by atoms with E-state index in [1.165, 1.54) is 12.8 Å². The summed E-state index contributed by atoms with van der Waals surface area (Å²) in [5.41, 5.74) is 0. The van der Waals surface area contributed by atoms with Gasteiger partial charge in [-0.3, -0.25) is 9.69 Å². The Morgan fingerprint density at radius 1 is 1.56 bits per heavy atom. The first-order valence-corrected chi connectivity index (χ1v) is 7.21. The van der Waals surface area contributed by atoms with Gasteiger partial charge in [-0.15, -0.1) is 0 Å². The summed E-state index contributed by atoms with van der Waals surface area (Å²) in [6.07, 6.45) is 2.64. The Kier molecular flexibility index (Phi) is 7.04. The first-order valence-electron chi connectivity index (χ1n) is 6.77. The van der Waals surface area contributed by atoms with Crippen molar-refractivity contribution < 1.29 is 9.53 Å². The predicted molar refractivity (Wildman–Crippen MR) is 77.3 cm³/mol. The van der Waals surface area contributed by atoms with Crippen molar-refractivity contribution in [1.82, 2.24) is 9.80 Å². The van der Waals surface area contributed by atoms with Crippen LogP contribution in [0.15, 0.2) is 0 Å². The van der Waals surface area contributed by atoms with E-state index in [0.717, 1.165) is 32.2 Å². The highest BCUT2D eigenvalue weighted by Crippen LogP contribution is 2.10. The standard InChI is InChI=1S/C13H26N2O2S/c1-11(2)5-4-6-15-7-8-17-12(10-15)9-14(3)13(16)18/h11-12H,4-10H2,1-3H3,(H,16,18)/t12-/m1/s1. The highest BCUT2D eigenvalue weighted by atomic mass is 32.1. The van der Waals surface area contributed by atoms with Crippen LogP contribution in [0, 0.1) is 5.92 Å². The monoisotopic (exact) mass is 274 g/mol. The molecule has 0 aromatic rings. The number of carbonyl (C=O) groups excluding carboxylic acids is 1.